The molecule has 3 heteroatoms. The highest BCUT2D eigenvalue weighted by Crippen LogP contribution is 2.02. The molecule has 12 heavy (non-hydrogen) atoms. The van der Waals surface area contributed by atoms with Crippen LogP contribution in [0.5, 0.6) is 0 Å². The van der Waals surface area contributed by atoms with Gasteiger partial charge in [0.05, 0.1) is 0 Å². The third kappa shape index (κ3) is 2.24. The third-order valence-electron chi connectivity index (χ3n) is 1.25. The predicted octanol–water partition coefficient (Wildman–Crippen LogP) is 1.28. The van der Waals surface area contributed by atoms with Crippen LogP contribution in [0.4, 0.5) is 5.82 Å². The number of hydrogen-bond acceptors (Lipinski definition) is 3. The number of anilines is 1. The van der Waals surface area contributed by atoms with Crippen molar-refractivity contribution < 1.29 is 0 Å². The zero-order chi connectivity index (χ0) is 8.97. The van der Waals surface area contributed by atoms with Gasteiger partial charge in [0.1, 0.15) is 11.5 Å². The molecule has 0 unspecified atom stereocenters. The third-order valence-corrected chi connectivity index (χ3v) is 1.25. The molecule has 3 nitrogen and oxygen atoms in total. The number of hydrogen-bond donors (Lipinski definition) is 1. The molecule has 0 atom stereocenters. The van der Waals surface area contributed by atoms with Crippen molar-refractivity contribution >= 4 is 5.82 Å². The van der Waals surface area contributed by atoms with Crippen molar-refractivity contribution in [3.8, 4) is 12.3 Å². The number of aromatic nitrogens is 2. The fourth-order valence-electron chi connectivity index (χ4n) is 0.782. The fraction of sp³-hybridized carbons (Fsp3) is 0.333. The zero-order valence-corrected chi connectivity index (χ0v) is 7.20. The van der Waals surface area contributed by atoms with Gasteiger partial charge in [-0.2, -0.15) is 0 Å². The second kappa shape index (κ2) is 3.72. The topological polar surface area (TPSA) is 37.8 Å². The summed E-state index contributed by atoms with van der Waals surface area (Å²) in [7, 11) is 0. The first-order valence-corrected chi connectivity index (χ1v) is 3.79. The second-order valence-electron chi connectivity index (χ2n) is 2.75. The van der Waals surface area contributed by atoms with E-state index < -0.39 is 0 Å². The molecular formula is C9H11N3. The summed E-state index contributed by atoms with van der Waals surface area (Å²) in [6, 6.07) is 3.94. The Balaban J connectivity index is 2.73. The van der Waals surface area contributed by atoms with Gasteiger partial charge in [-0.1, -0.05) is 0 Å². The Labute approximate surface area is 72.2 Å². The molecule has 1 rings (SSSR count). The van der Waals surface area contributed by atoms with Gasteiger partial charge in [0.25, 0.3) is 0 Å². The standard InChI is InChI=1S/C9H11N3/c1-4-8-5-6-9(12-11-8)10-7(2)3/h1,5-7H,2-3H3,(H,10,12). The van der Waals surface area contributed by atoms with E-state index >= 15 is 0 Å². The van der Waals surface area contributed by atoms with Crippen LogP contribution in [0.25, 0.3) is 0 Å². The summed E-state index contributed by atoms with van der Waals surface area (Å²) in [5, 5.41) is 10.8. The lowest BCUT2D eigenvalue weighted by molar-refractivity contribution is 0.872. The van der Waals surface area contributed by atoms with Gasteiger partial charge in [-0.25, -0.2) is 0 Å². The van der Waals surface area contributed by atoms with Crippen molar-refractivity contribution in [2.24, 2.45) is 0 Å². The SMILES string of the molecule is C#Cc1ccc(NC(C)C)nn1. The minimum atomic E-state index is 0.357. The van der Waals surface area contributed by atoms with E-state index in [1.54, 1.807) is 6.07 Å². The Bertz CT molecular complexity index is 282. The molecule has 1 aromatic heterocycles. The van der Waals surface area contributed by atoms with E-state index in [0.29, 0.717) is 11.7 Å². The van der Waals surface area contributed by atoms with Crippen LogP contribution in [0.1, 0.15) is 19.5 Å². The van der Waals surface area contributed by atoms with E-state index in [9.17, 15) is 0 Å². The van der Waals surface area contributed by atoms with Crippen LogP contribution in [-0.4, -0.2) is 16.2 Å². The predicted molar refractivity (Wildman–Crippen MR) is 48.7 cm³/mol. The number of terminal acetylenes is 1. The molecule has 0 saturated carbocycles. The summed E-state index contributed by atoms with van der Waals surface area (Å²) in [5.74, 6) is 3.16. The quantitative estimate of drug-likeness (QED) is 0.664. The van der Waals surface area contributed by atoms with Gasteiger partial charge < -0.3 is 5.32 Å². The normalized spacial score (nSPS) is 9.50. The maximum atomic E-state index is 5.13. The number of nitrogens with zero attached hydrogens (tertiary/aromatic N) is 2. The molecular weight excluding hydrogens is 150 g/mol. The number of nitrogens with one attached hydrogen (secondary N) is 1. The van der Waals surface area contributed by atoms with E-state index in [1.807, 2.05) is 19.9 Å². The van der Waals surface area contributed by atoms with Crippen LogP contribution < -0.4 is 5.32 Å². The molecule has 0 aromatic carbocycles. The van der Waals surface area contributed by atoms with E-state index in [2.05, 4.69) is 21.4 Å². The Kier molecular flexibility index (Phi) is 2.65. The lowest BCUT2D eigenvalue weighted by Gasteiger charge is -2.06. The Hall–Kier alpha value is -1.56. The van der Waals surface area contributed by atoms with E-state index in [0.717, 1.165) is 5.82 Å². The number of rotatable bonds is 2. The lowest BCUT2D eigenvalue weighted by atomic mass is 10.3. The molecule has 1 aromatic rings. The zero-order valence-electron chi connectivity index (χ0n) is 7.20. The van der Waals surface area contributed by atoms with E-state index in [-0.39, 0.29) is 0 Å². The van der Waals surface area contributed by atoms with Crippen molar-refractivity contribution in [3.63, 3.8) is 0 Å². The van der Waals surface area contributed by atoms with Crippen LogP contribution in [0.3, 0.4) is 0 Å². The first-order chi connectivity index (χ1) is 5.72. The van der Waals surface area contributed by atoms with Crippen molar-refractivity contribution in [2.45, 2.75) is 19.9 Å². The van der Waals surface area contributed by atoms with Gasteiger partial charge in [-0.15, -0.1) is 16.6 Å². The highest BCUT2D eigenvalue weighted by molar-refractivity contribution is 5.36. The molecule has 0 fully saturated rings. The fourth-order valence-corrected chi connectivity index (χ4v) is 0.782. The largest absolute Gasteiger partial charge is 0.366 e. The van der Waals surface area contributed by atoms with Crippen LogP contribution >= 0.6 is 0 Å². The average Bonchev–Trinajstić information content (AvgIpc) is 2.05. The van der Waals surface area contributed by atoms with Crippen LogP contribution in [-0.2, 0) is 0 Å². The molecule has 0 bridgehead atoms. The summed E-state index contributed by atoms with van der Waals surface area (Å²) in [6.07, 6.45) is 5.13. The summed E-state index contributed by atoms with van der Waals surface area (Å²) < 4.78 is 0. The van der Waals surface area contributed by atoms with Crippen molar-refractivity contribution in [1.82, 2.24) is 10.2 Å². The summed E-state index contributed by atoms with van der Waals surface area (Å²) in [5.41, 5.74) is 0.560. The van der Waals surface area contributed by atoms with Gasteiger partial charge in [0.15, 0.2) is 0 Å². The highest BCUT2D eigenvalue weighted by Gasteiger charge is 1.96. The van der Waals surface area contributed by atoms with Crippen molar-refractivity contribution in [3.05, 3.63) is 17.8 Å². The van der Waals surface area contributed by atoms with Crippen LogP contribution in [0.15, 0.2) is 12.1 Å². The van der Waals surface area contributed by atoms with Crippen LogP contribution in [0, 0.1) is 12.3 Å². The Morgan fingerprint density at radius 1 is 1.42 bits per heavy atom. The minimum absolute atomic E-state index is 0.357. The first-order valence-electron chi connectivity index (χ1n) is 3.79. The second-order valence-corrected chi connectivity index (χ2v) is 2.75. The summed E-state index contributed by atoms with van der Waals surface area (Å²) in [4.78, 5) is 0. The van der Waals surface area contributed by atoms with Crippen molar-refractivity contribution in [2.75, 3.05) is 5.32 Å². The van der Waals surface area contributed by atoms with Gasteiger partial charge in [-0.05, 0) is 31.9 Å². The van der Waals surface area contributed by atoms with Crippen LogP contribution in [0.2, 0.25) is 0 Å². The first kappa shape index (κ1) is 8.54. The van der Waals surface area contributed by atoms with Gasteiger partial charge in [-0.3, -0.25) is 0 Å². The molecule has 0 amide bonds. The maximum absolute atomic E-state index is 5.13. The minimum Gasteiger partial charge on any atom is -0.366 e. The lowest BCUT2D eigenvalue weighted by Crippen LogP contribution is -2.11. The van der Waals surface area contributed by atoms with E-state index in [1.165, 1.54) is 0 Å². The van der Waals surface area contributed by atoms with E-state index in [4.69, 9.17) is 6.42 Å². The monoisotopic (exact) mass is 161 g/mol. The molecule has 0 radical (unpaired) electrons. The Morgan fingerprint density at radius 2 is 2.17 bits per heavy atom. The van der Waals surface area contributed by atoms with Gasteiger partial charge in [0.2, 0.25) is 0 Å². The molecule has 1 heterocycles. The van der Waals surface area contributed by atoms with Gasteiger partial charge >= 0.3 is 0 Å². The molecule has 0 saturated heterocycles. The molecule has 1 N–H and O–H groups in total. The molecule has 62 valence electrons. The Morgan fingerprint density at radius 3 is 2.58 bits per heavy atom. The highest BCUT2D eigenvalue weighted by atomic mass is 15.2. The summed E-state index contributed by atoms with van der Waals surface area (Å²) >= 11 is 0. The molecule has 0 aliphatic carbocycles. The molecule has 0 aliphatic heterocycles. The van der Waals surface area contributed by atoms with Gasteiger partial charge in [0, 0.05) is 6.04 Å². The average molecular weight is 161 g/mol. The molecule has 0 spiro atoms. The van der Waals surface area contributed by atoms with Crippen molar-refractivity contribution in [1.29, 1.82) is 0 Å². The molecule has 0 aliphatic rings. The smallest absolute Gasteiger partial charge is 0.148 e. The maximum Gasteiger partial charge on any atom is 0.148 e. The summed E-state index contributed by atoms with van der Waals surface area (Å²) in [6.45, 7) is 4.08.